The number of nitrogens with one attached hydrogen (secondary N) is 3. The molecule has 0 unspecified atom stereocenters. The standard InChI is InChI=1S/C11H7IN4O2/c12-6-3-1-5(2-4-6)8-13-7-9(14-8)15-11(18)16-10(7)17/h1-4H,(H3,13,14,15,16,17,18). The number of aromatic nitrogens is 4. The number of halogens is 1. The molecule has 0 saturated carbocycles. The molecule has 0 aliphatic carbocycles. The molecule has 0 atom stereocenters. The molecule has 3 aromatic rings. The zero-order valence-corrected chi connectivity index (χ0v) is 11.1. The lowest BCUT2D eigenvalue weighted by molar-refractivity contribution is 1.07. The predicted molar refractivity (Wildman–Crippen MR) is 75.5 cm³/mol. The second-order valence-corrected chi connectivity index (χ2v) is 4.97. The van der Waals surface area contributed by atoms with E-state index in [0.29, 0.717) is 5.82 Å². The number of benzene rings is 1. The molecule has 3 rings (SSSR count). The summed E-state index contributed by atoms with van der Waals surface area (Å²) in [6.07, 6.45) is 0. The third-order valence-corrected chi connectivity index (χ3v) is 3.23. The molecule has 0 radical (unpaired) electrons. The Balaban J connectivity index is 2.25. The highest BCUT2D eigenvalue weighted by molar-refractivity contribution is 14.1. The van der Waals surface area contributed by atoms with Crippen LogP contribution in [0.2, 0.25) is 0 Å². The van der Waals surface area contributed by atoms with Gasteiger partial charge in [0.25, 0.3) is 5.56 Å². The van der Waals surface area contributed by atoms with Crippen molar-refractivity contribution in [3.63, 3.8) is 0 Å². The van der Waals surface area contributed by atoms with Crippen molar-refractivity contribution in [2.24, 2.45) is 0 Å². The van der Waals surface area contributed by atoms with Crippen LogP contribution in [-0.2, 0) is 0 Å². The Hall–Kier alpha value is -1.90. The van der Waals surface area contributed by atoms with E-state index in [0.717, 1.165) is 9.13 Å². The first-order valence-corrected chi connectivity index (χ1v) is 6.19. The molecule has 3 N–H and O–H groups in total. The molecular formula is C11H7IN4O2. The van der Waals surface area contributed by atoms with E-state index in [-0.39, 0.29) is 11.2 Å². The first kappa shape index (κ1) is 11.2. The maximum atomic E-state index is 11.6. The third kappa shape index (κ3) is 1.86. The van der Waals surface area contributed by atoms with Gasteiger partial charge in [-0.2, -0.15) is 0 Å². The summed E-state index contributed by atoms with van der Waals surface area (Å²) in [6, 6.07) is 7.67. The van der Waals surface area contributed by atoms with E-state index < -0.39 is 11.2 Å². The van der Waals surface area contributed by atoms with Gasteiger partial charge < -0.3 is 4.98 Å². The Morgan fingerprint density at radius 1 is 1.00 bits per heavy atom. The first-order valence-electron chi connectivity index (χ1n) is 5.12. The van der Waals surface area contributed by atoms with Gasteiger partial charge in [-0.05, 0) is 34.7 Å². The van der Waals surface area contributed by atoms with Crippen LogP contribution in [0.15, 0.2) is 33.9 Å². The topological polar surface area (TPSA) is 94.4 Å². The fourth-order valence-electron chi connectivity index (χ4n) is 1.68. The van der Waals surface area contributed by atoms with Crippen molar-refractivity contribution in [3.05, 3.63) is 48.7 Å². The van der Waals surface area contributed by atoms with E-state index >= 15 is 0 Å². The minimum atomic E-state index is -0.562. The smallest absolute Gasteiger partial charge is 0.327 e. The lowest BCUT2D eigenvalue weighted by Gasteiger charge is -1.95. The molecule has 90 valence electrons. The molecule has 0 aliphatic rings. The van der Waals surface area contributed by atoms with Crippen LogP contribution in [0.3, 0.4) is 0 Å². The Labute approximate surface area is 114 Å². The molecule has 2 aromatic heterocycles. The fourth-order valence-corrected chi connectivity index (χ4v) is 2.04. The molecule has 0 saturated heterocycles. The van der Waals surface area contributed by atoms with E-state index in [9.17, 15) is 9.59 Å². The molecule has 18 heavy (non-hydrogen) atoms. The highest BCUT2D eigenvalue weighted by Crippen LogP contribution is 2.18. The van der Waals surface area contributed by atoms with Gasteiger partial charge in [-0.25, -0.2) is 9.78 Å². The minimum Gasteiger partial charge on any atom is -0.332 e. The molecule has 7 heteroatoms. The monoisotopic (exact) mass is 354 g/mol. The van der Waals surface area contributed by atoms with Gasteiger partial charge in [0.15, 0.2) is 5.65 Å². The van der Waals surface area contributed by atoms with E-state index in [2.05, 4.69) is 42.5 Å². The van der Waals surface area contributed by atoms with Gasteiger partial charge in [0.1, 0.15) is 11.3 Å². The predicted octanol–water partition coefficient (Wildman–Crippen LogP) is 1.21. The number of hydrogen-bond acceptors (Lipinski definition) is 3. The van der Waals surface area contributed by atoms with Crippen molar-refractivity contribution in [3.8, 4) is 11.4 Å². The third-order valence-electron chi connectivity index (χ3n) is 2.51. The van der Waals surface area contributed by atoms with Gasteiger partial charge in [-0.15, -0.1) is 0 Å². The molecule has 0 bridgehead atoms. The zero-order chi connectivity index (χ0) is 12.7. The van der Waals surface area contributed by atoms with Crippen molar-refractivity contribution in [2.45, 2.75) is 0 Å². The van der Waals surface area contributed by atoms with Crippen LogP contribution in [0, 0.1) is 3.57 Å². The van der Waals surface area contributed by atoms with Crippen molar-refractivity contribution in [2.75, 3.05) is 0 Å². The Morgan fingerprint density at radius 3 is 2.44 bits per heavy atom. The fraction of sp³-hybridized carbons (Fsp3) is 0. The van der Waals surface area contributed by atoms with E-state index in [1.807, 2.05) is 24.3 Å². The number of imidazole rings is 1. The summed E-state index contributed by atoms with van der Waals surface area (Å²) >= 11 is 2.21. The number of H-pyrrole nitrogens is 3. The average molecular weight is 354 g/mol. The number of aromatic amines is 3. The van der Waals surface area contributed by atoms with Crippen LogP contribution >= 0.6 is 22.6 Å². The highest BCUT2D eigenvalue weighted by atomic mass is 127. The lowest BCUT2D eigenvalue weighted by Crippen LogP contribution is -2.21. The van der Waals surface area contributed by atoms with E-state index in [1.165, 1.54) is 0 Å². The molecule has 0 amide bonds. The second-order valence-electron chi connectivity index (χ2n) is 3.72. The average Bonchev–Trinajstić information content (AvgIpc) is 2.74. The first-order chi connectivity index (χ1) is 8.63. The number of fused-ring (bicyclic) bond motifs is 1. The Kier molecular flexibility index (Phi) is 2.54. The minimum absolute atomic E-state index is 0.261. The largest absolute Gasteiger partial charge is 0.332 e. The van der Waals surface area contributed by atoms with Crippen LogP contribution in [-0.4, -0.2) is 19.9 Å². The van der Waals surface area contributed by atoms with Gasteiger partial charge in [-0.3, -0.25) is 14.8 Å². The summed E-state index contributed by atoms with van der Waals surface area (Å²) in [5, 5.41) is 0. The van der Waals surface area contributed by atoms with Gasteiger partial charge in [0, 0.05) is 9.13 Å². The van der Waals surface area contributed by atoms with Crippen LogP contribution in [0.5, 0.6) is 0 Å². The SMILES string of the molecule is O=c1[nH]c(=O)c2[nH]c(-c3ccc(I)cc3)nc2[nH]1. The van der Waals surface area contributed by atoms with Gasteiger partial charge in [-0.1, -0.05) is 12.1 Å². The number of hydrogen-bond donors (Lipinski definition) is 3. The van der Waals surface area contributed by atoms with Crippen LogP contribution in [0.4, 0.5) is 0 Å². The zero-order valence-electron chi connectivity index (χ0n) is 8.95. The molecule has 1 aromatic carbocycles. The molecule has 0 fully saturated rings. The molecule has 6 nitrogen and oxygen atoms in total. The summed E-state index contributed by atoms with van der Waals surface area (Å²) in [4.78, 5) is 34.4. The van der Waals surface area contributed by atoms with Crippen molar-refractivity contribution < 1.29 is 0 Å². The van der Waals surface area contributed by atoms with Crippen LogP contribution in [0.25, 0.3) is 22.6 Å². The van der Waals surface area contributed by atoms with Crippen molar-refractivity contribution >= 4 is 33.8 Å². The number of nitrogens with zero attached hydrogens (tertiary/aromatic N) is 1. The number of rotatable bonds is 1. The van der Waals surface area contributed by atoms with Crippen molar-refractivity contribution in [1.29, 1.82) is 0 Å². The van der Waals surface area contributed by atoms with Crippen LogP contribution < -0.4 is 11.2 Å². The van der Waals surface area contributed by atoms with Gasteiger partial charge in [0.2, 0.25) is 0 Å². The maximum Gasteiger partial charge on any atom is 0.327 e. The molecular weight excluding hydrogens is 347 g/mol. The van der Waals surface area contributed by atoms with Gasteiger partial charge >= 0.3 is 5.69 Å². The van der Waals surface area contributed by atoms with Crippen LogP contribution in [0.1, 0.15) is 0 Å². The Morgan fingerprint density at radius 2 is 1.72 bits per heavy atom. The highest BCUT2D eigenvalue weighted by Gasteiger charge is 2.08. The summed E-state index contributed by atoms with van der Waals surface area (Å²) in [5.41, 5.74) is 0.346. The lowest BCUT2D eigenvalue weighted by atomic mass is 10.2. The van der Waals surface area contributed by atoms with Crippen molar-refractivity contribution in [1.82, 2.24) is 19.9 Å². The molecule has 0 aliphatic heterocycles. The molecule has 2 heterocycles. The van der Waals surface area contributed by atoms with E-state index in [4.69, 9.17) is 0 Å². The maximum absolute atomic E-state index is 11.6. The summed E-state index contributed by atoms with van der Waals surface area (Å²) in [7, 11) is 0. The normalized spacial score (nSPS) is 10.9. The van der Waals surface area contributed by atoms with E-state index in [1.54, 1.807) is 0 Å². The Bertz CT molecular complexity index is 829. The summed E-state index contributed by atoms with van der Waals surface area (Å²) < 4.78 is 1.11. The summed E-state index contributed by atoms with van der Waals surface area (Å²) in [6.45, 7) is 0. The molecule has 0 spiro atoms. The quantitative estimate of drug-likeness (QED) is 0.574. The summed E-state index contributed by atoms with van der Waals surface area (Å²) in [5.74, 6) is 0.550. The van der Waals surface area contributed by atoms with Gasteiger partial charge in [0.05, 0.1) is 0 Å². The second kappa shape index (κ2) is 4.09.